The molecule has 2 amide bonds. The van der Waals surface area contributed by atoms with Crippen LogP contribution in [0.15, 0.2) is 18.2 Å². The molecular formula is C19H28N2O3. The Kier molecular flexibility index (Phi) is 5.99. The van der Waals surface area contributed by atoms with Crippen LogP contribution in [0.25, 0.3) is 0 Å². The molecule has 1 saturated carbocycles. The highest BCUT2D eigenvalue weighted by Crippen LogP contribution is 2.47. The van der Waals surface area contributed by atoms with Crippen molar-refractivity contribution in [2.45, 2.75) is 46.0 Å². The van der Waals surface area contributed by atoms with Crippen LogP contribution in [0, 0.1) is 12.3 Å². The molecule has 1 aromatic rings. The van der Waals surface area contributed by atoms with Crippen LogP contribution in [0.5, 0.6) is 0 Å². The zero-order valence-electron chi connectivity index (χ0n) is 15.1. The molecule has 0 aromatic heterocycles. The lowest BCUT2D eigenvalue weighted by molar-refractivity contribution is -0.134. The molecule has 1 aliphatic rings. The predicted molar refractivity (Wildman–Crippen MR) is 95.1 cm³/mol. The molecule has 0 spiro atoms. The lowest BCUT2D eigenvalue weighted by atomic mass is 9.97. The quantitative estimate of drug-likeness (QED) is 0.568. The molecule has 0 aliphatic heterocycles. The number of ether oxygens (including phenoxy) is 1. The average Bonchev–Trinajstić information content (AvgIpc) is 3.35. The van der Waals surface area contributed by atoms with Gasteiger partial charge in [0.05, 0.1) is 0 Å². The molecule has 5 heteroatoms. The minimum atomic E-state index is -0.899. The Bertz CT molecular complexity index is 607. The first kappa shape index (κ1) is 18.5. The summed E-state index contributed by atoms with van der Waals surface area (Å²) >= 11 is 0. The smallest absolute Gasteiger partial charge is 0.240 e. The van der Waals surface area contributed by atoms with E-state index < -0.39 is 5.41 Å². The largest absolute Gasteiger partial charge is 0.385 e. The topological polar surface area (TPSA) is 67.4 Å². The summed E-state index contributed by atoms with van der Waals surface area (Å²) in [6, 6.07) is 6.00. The first-order chi connectivity index (χ1) is 11.4. The Morgan fingerprint density at radius 1 is 1.25 bits per heavy atom. The van der Waals surface area contributed by atoms with Gasteiger partial charge in [-0.25, -0.2) is 0 Å². The van der Waals surface area contributed by atoms with Crippen LogP contribution >= 0.6 is 0 Å². The predicted octanol–water partition coefficient (Wildman–Crippen LogP) is 2.99. The van der Waals surface area contributed by atoms with Gasteiger partial charge in [0.2, 0.25) is 11.8 Å². The van der Waals surface area contributed by atoms with E-state index in [4.69, 9.17) is 4.74 Å². The number of amides is 2. The molecule has 0 radical (unpaired) electrons. The molecule has 5 nitrogen and oxygen atoms in total. The fourth-order valence-corrected chi connectivity index (χ4v) is 2.85. The molecule has 24 heavy (non-hydrogen) atoms. The van der Waals surface area contributed by atoms with E-state index in [1.807, 2.05) is 25.1 Å². The molecule has 0 unspecified atom stereocenters. The highest BCUT2D eigenvalue weighted by atomic mass is 16.5. The summed E-state index contributed by atoms with van der Waals surface area (Å²) in [5, 5.41) is 5.88. The first-order valence-corrected chi connectivity index (χ1v) is 8.60. The van der Waals surface area contributed by atoms with Crippen LogP contribution in [0.1, 0.15) is 50.2 Å². The summed E-state index contributed by atoms with van der Waals surface area (Å²) < 4.78 is 4.97. The van der Waals surface area contributed by atoms with Crippen molar-refractivity contribution < 1.29 is 14.3 Å². The van der Waals surface area contributed by atoms with Crippen LogP contribution in [0.4, 0.5) is 5.69 Å². The summed E-state index contributed by atoms with van der Waals surface area (Å²) in [5.41, 5.74) is 2.06. The van der Waals surface area contributed by atoms with Gasteiger partial charge in [-0.05, 0) is 43.2 Å². The highest BCUT2D eigenvalue weighted by molar-refractivity contribution is 6.13. The van der Waals surface area contributed by atoms with Gasteiger partial charge in [-0.2, -0.15) is 0 Å². The number of hydrogen-bond acceptors (Lipinski definition) is 3. The van der Waals surface area contributed by atoms with Crippen LogP contribution in [-0.2, 0) is 14.3 Å². The van der Waals surface area contributed by atoms with Gasteiger partial charge in [0.25, 0.3) is 0 Å². The second kappa shape index (κ2) is 7.79. The SMILES string of the molecule is COCCCNC(=O)C1(C(=O)Nc2c(C)cccc2C(C)C)CC1. The van der Waals surface area contributed by atoms with Gasteiger partial charge >= 0.3 is 0 Å². The highest BCUT2D eigenvalue weighted by Gasteiger charge is 2.56. The van der Waals surface area contributed by atoms with E-state index in [1.54, 1.807) is 7.11 Å². The van der Waals surface area contributed by atoms with Crippen LogP contribution in [0.2, 0.25) is 0 Å². The fourth-order valence-electron chi connectivity index (χ4n) is 2.85. The number of benzene rings is 1. The van der Waals surface area contributed by atoms with Gasteiger partial charge in [-0.1, -0.05) is 32.0 Å². The van der Waals surface area contributed by atoms with E-state index in [2.05, 4.69) is 24.5 Å². The summed E-state index contributed by atoms with van der Waals surface area (Å²) in [6.07, 6.45) is 1.96. The van der Waals surface area contributed by atoms with E-state index >= 15 is 0 Å². The summed E-state index contributed by atoms with van der Waals surface area (Å²) in [4.78, 5) is 25.2. The van der Waals surface area contributed by atoms with Gasteiger partial charge in [0.1, 0.15) is 5.41 Å². The third-order valence-electron chi connectivity index (χ3n) is 4.60. The zero-order chi connectivity index (χ0) is 17.7. The van der Waals surface area contributed by atoms with Crippen molar-refractivity contribution in [1.82, 2.24) is 5.32 Å². The minimum Gasteiger partial charge on any atom is -0.385 e. The second-order valence-electron chi connectivity index (χ2n) is 6.83. The Labute approximate surface area is 144 Å². The molecule has 1 aromatic carbocycles. The number of aryl methyl sites for hydroxylation is 1. The standard InChI is InChI=1S/C19H28N2O3/c1-13(2)15-8-5-7-14(3)16(15)21-18(23)19(9-10-19)17(22)20-11-6-12-24-4/h5,7-8,13H,6,9-12H2,1-4H3,(H,20,22)(H,21,23). The van der Waals surface area contributed by atoms with Gasteiger partial charge in [-0.3, -0.25) is 9.59 Å². The van der Waals surface area contributed by atoms with Crippen molar-refractivity contribution in [3.8, 4) is 0 Å². The first-order valence-electron chi connectivity index (χ1n) is 8.60. The fraction of sp³-hybridized carbons (Fsp3) is 0.579. The number of methoxy groups -OCH3 is 1. The summed E-state index contributed by atoms with van der Waals surface area (Å²) in [6.45, 7) is 7.30. The molecule has 0 bridgehead atoms. The molecule has 1 aliphatic carbocycles. The van der Waals surface area contributed by atoms with Gasteiger partial charge < -0.3 is 15.4 Å². The zero-order valence-corrected chi connectivity index (χ0v) is 15.1. The lowest BCUT2D eigenvalue weighted by Gasteiger charge is -2.20. The minimum absolute atomic E-state index is 0.171. The van der Waals surface area contributed by atoms with Crippen molar-refractivity contribution >= 4 is 17.5 Å². The van der Waals surface area contributed by atoms with E-state index in [0.29, 0.717) is 31.9 Å². The maximum absolute atomic E-state index is 12.8. The van der Waals surface area contributed by atoms with Crippen LogP contribution in [0.3, 0.4) is 0 Å². The van der Waals surface area contributed by atoms with Crippen molar-refractivity contribution in [2.75, 3.05) is 25.6 Å². The van der Waals surface area contributed by atoms with Gasteiger partial charge in [0.15, 0.2) is 0 Å². The number of anilines is 1. The maximum atomic E-state index is 12.8. The van der Waals surface area contributed by atoms with E-state index in [-0.39, 0.29) is 11.8 Å². The Morgan fingerprint density at radius 3 is 2.54 bits per heavy atom. The number of rotatable bonds is 8. The molecule has 2 N–H and O–H groups in total. The molecule has 132 valence electrons. The number of carbonyl (C=O) groups is 2. The molecule has 2 rings (SSSR count). The lowest BCUT2D eigenvalue weighted by Crippen LogP contribution is -2.40. The third kappa shape index (κ3) is 3.96. The summed E-state index contributed by atoms with van der Waals surface area (Å²) in [7, 11) is 1.63. The third-order valence-corrected chi connectivity index (χ3v) is 4.60. The van der Waals surface area contributed by atoms with Crippen molar-refractivity contribution in [1.29, 1.82) is 0 Å². The molecule has 0 heterocycles. The molecule has 1 fully saturated rings. The second-order valence-corrected chi connectivity index (χ2v) is 6.83. The number of para-hydroxylation sites is 1. The Balaban J connectivity index is 2.06. The molecular weight excluding hydrogens is 304 g/mol. The number of carbonyl (C=O) groups excluding carboxylic acids is 2. The van der Waals surface area contributed by atoms with E-state index in [0.717, 1.165) is 23.2 Å². The van der Waals surface area contributed by atoms with E-state index in [9.17, 15) is 9.59 Å². The average molecular weight is 332 g/mol. The van der Waals surface area contributed by atoms with Crippen molar-refractivity contribution in [2.24, 2.45) is 5.41 Å². The number of nitrogens with one attached hydrogen (secondary N) is 2. The maximum Gasteiger partial charge on any atom is 0.240 e. The van der Waals surface area contributed by atoms with Gasteiger partial charge in [-0.15, -0.1) is 0 Å². The Hall–Kier alpha value is -1.88. The Morgan fingerprint density at radius 2 is 1.96 bits per heavy atom. The van der Waals surface area contributed by atoms with Crippen LogP contribution in [-0.4, -0.2) is 32.1 Å². The van der Waals surface area contributed by atoms with Crippen molar-refractivity contribution in [3.05, 3.63) is 29.3 Å². The normalized spacial score (nSPS) is 15.2. The molecule has 0 saturated heterocycles. The van der Waals surface area contributed by atoms with Gasteiger partial charge in [0, 0.05) is 25.9 Å². The van der Waals surface area contributed by atoms with E-state index in [1.165, 1.54) is 0 Å². The monoisotopic (exact) mass is 332 g/mol. The molecule has 0 atom stereocenters. The van der Waals surface area contributed by atoms with Crippen molar-refractivity contribution in [3.63, 3.8) is 0 Å². The number of hydrogen-bond donors (Lipinski definition) is 2. The van der Waals surface area contributed by atoms with Crippen LogP contribution < -0.4 is 10.6 Å². The summed E-state index contributed by atoms with van der Waals surface area (Å²) in [5.74, 6) is -0.0584.